The third-order valence-corrected chi connectivity index (χ3v) is 4.55. The average molecular weight is 328 g/mol. The van der Waals surface area contributed by atoms with Gasteiger partial charge in [-0.1, -0.05) is 6.92 Å². The van der Waals surface area contributed by atoms with Crippen LogP contribution in [0.5, 0.6) is 11.5 Å². The van der Waals surface area contributed by atoms with E-state index in [-0.39, 0.29) is 11.5 Å². The smallest absolute Gasteiger partial charge is 0.133 e. The fraction of sp³-hybridized carbons (Fsp3) is 0.389. The normalized spacial score (nSPS) is 15.6. The molecule has 1 aromatic heterocycles. The highest BCUT2D eigenvalue weighted by Gasteiger charge is 2.21. The lowest BCUT2D eigenvalue weighted by atomic mass is 10.1. The Balaban J connectivity index is 1.66. The summed E-state index contributed by atoms with van der Waals surface area (Å²) in [4.78, 5) is 9.06. The number of phenols is 2. The number of piperazine rings is 1. The maximum atomic E-state index is 9.92. The first-order valence-electron chi connectivity index (χ1n) is 8.30. The van der Waals surface area contributed by atoms with Gasteiger partial charge in [-0.15, -0.1) is 0 Å². The largest absolute Gasteiger partial charge is 0.508 e. The van der Waals surface area contributed by atoms with E-state index in [1.807, 2.05) is 6.07 Å². The van der Waals surface area contributed by atoms with Crippen LogP contribution in [0.2, 0.25) is 0 Å². The number of aromatic hydroxyl groups is 2. The molecule has 1 aromatic carbocycles. The molecule has 6 heteroatoms. The maximum Gasteiger partial charge on any atom is 0.133 e. The number of nitrogens with two attached hydrogens (primary N) is 1. The fourth-order valence-electron chi connectivity index (χ4n) is 3.19. The number of phenolic OH excluding ortho intramolecular Hbond substituents is 2. The van der Waals surface area contributed by atoms with Gasteiger partial charge in [-0.2, -0.15) is 0 Å². The van der Waals surface area contributed by atoms with Crippen molar-refractivity contribution in [3.8, 4) is 11.5 Å². The van der Waals surface area contributed by atoms with Crippen molar-refractivity contribution in [3.63, 3.8) is 0 Å². The highest BCUT2D eigenvalue weighted by molar-refractivity contribution is 5.60. The number of aromatic nitrogens is 1. The molecule has 4 N–H and O–H groups in total. The van der Waals surface area contributed by atoms with Crippen molar-refractivity contribution in [1.82, 2.24) is 9.88 Å². The van der Waals surface area contributed by atoms with Crippen LogP contribution in [-0.4, -0.2) is 46.3 Å². The lowest BCUT2D eigenvalue weighted by Crippen LogP contribution is -2.46. The Labute approximate surface area is 142 Å². The molecule has 0 saturated carbocycles. The molecule has 2 aromatic rings. The molecule has 1 aliphatic heterocycles. The number of pyridine rings is 1. The minimum absolute atomic E-state index is 0.179. The van der Waals surface area contributed by atoms with Gasteiger partial charge in [0.1, 0.15) is 17.3 Å². The van der Waals surface area contributed by atoms with Gasteiger partial charge in [0.25, 0.3) is 0 Å². The quantitative estimate of drug-likeness (QED) is 0.744. The second kappa shape index (κ2) is 6.97. The zero-order valence-corrected chi connectivity index (χ0v) is 13.9. The highest BCUT2D eigenvalue weighted by Crippen LogP contribution is 2.26. The predicted molar refractivity (Wildman–Crippen MR) is 95.3 cm³/mol. The van der Waals surface area contributed by atoms with E-state index < -0.39 is 0 Å². The number of anilines is 2. The van der Waals surface area contributed by atoms with Crippen molar-refractivity contribution in [2.45, 2.75) is 19.9 Å². The van der Waals surface area contributed by atoms with Gasteiger partial charge in [-0.3, -0.25) is 4.90 Å². The minimum atomic E-state index is 0.179. The van der Waals surface area contributed by atoms with E-state index in [2.05, 4.69) is 21.7 Å². The fourth-order valence-corrected chi connectivity index (χ4v) is 3.19. The number of rotatable bonds is 4. The molecule has 1 fully saturated rings. The highest BCUT2D eigenvalue weighted by atomic mass is 16.3. The van der Waals surface area contributed by atoms with Crippen LogP contribution in [0.4, 0.5) is 11.5 Å². The number of nitrogen functional groups attached to an aromatic ring is 1. The molecule has 6 nitrogen and oxygen atoms in total. The molecule has 0 amide bonds. The van der Waals surface area contributed by atoms with Gasteiger partial charge in [0.2, 0.25) is 0 Å². The van der Waals surface area contributed by atoms with Crippen LogP contribution in [0.25, 0.3) is 0 Å². The monoisotopic (exact) mass is 328 g/mol. The van der Waals surface area contributed by atoms with E-state index in [9.17, 15) is 10.2 Å². The maximum absolute atomic E-state index is 9.92. The molecule has 128 valence electrons. The molecule has 0 aliphatic carbocycles. The Hall–Kier alpha value is -2.47. The van der Waals surface area contributed by atoms with Crippen LogP contribution < -0.4 is 10.6 Å². The topological polar surface area (TPSA) is 85.9 Å². The Morgan fingerprint density at radius 2 is 1.88 bits per heavy atom. The average Bonchev–Trinajstić information content (AvgIpc) is 2.58. The van der Waals surface area contributed by atoms with Crippen molar-refractivity contribution in [3.05, 3.63) is 41.6 Å². The second-order valence-electron chi connectivity index (χ2n) is 6.13. The summed E-state index contributed by atoms with van der Waals surface area (Å²) in [5.41, 5.74) is 8.73. The van der Waals surface area contributed by atoms with Gasteiger partial charge >= 0.3 is 0 Å². The summed E-state index contributed by atoms with van der Waals surface area (Å²) < 4.78 is 0. The number of hydrogen-bond acceptors (Lipinski definition) is 6. The summed E-state index contributed by atoms with van der Waals surface area (Å²) in [5.74, 6) is 1.39. The van der Waals surface area contributed by atoms with Crippen LogP contribution in [-0.2, 0) is 13.0 Å². The van der Waals surface area contributed by atoms with E-state index in [0.29, 0.717) is 6.54 Å². The van der Waals surface area contributed by atoms with Crippen molar-refractivity contribution < 1.29 is 10.2 Å². The molecule has 1 aliphatic rings. The van der Waals surface area contributed by atoms with Crippen LogP contribution in [0.15, 0.2) is 30.5 Å². The molecule has 0 atom stereocenters. The lowest BCUT2D eigenvalue weighted by molar-refractivity contribution is 0.246. The van der Waals surface area contributed by atoms with E-state index in [1.165, 1.54) is 12.1 Å². The number of benzene rings is 1. The minimum Gasteiger partial charge on any atom is -0.508 e. The van der Waals surface area contributed by atoms with Gasteiger partial charge in [0.15, 0.2) is 0 Å². The molecule has 24 heavy (non-hydrogen) atoms. The van der Waals surface area contributed by atoms with Crippen molar-refractivity contribution in [2.75, 3.05) is 36.8 Å². The summed E-state index contributed by atoms with van der Waals surface area (Å²) in [7, 11) is 0. The summed E-state index contributed by atoms with van der Waals surface area (Å²) in [6.45, 7) is 6.19. The molecule has 3 rings (SSSR count). The first kappa shape index (κ1) is 16.4. The van der Waals surface area contributed by atoms with Crippen LogP contribution in [0.3, 0.4) is 0 Å². The molecule has 0 bridgehead atoms. The van der Waals surface area contributed by atoms with Gasteiger partial charge < -0.3 is 20.8 Å². The Kier molecular flexibility index (Phi) is 4.76. The van der Waals surface area contributed by atoms with Crippen LogP contribution in [0, 0.1) is 0 Å². The molecule has 0 spiro atoms. The zero-order valence-electron chi connectivity index (χ0n) is 13.9. The molecular formula is C18H24N4O2. The summed E-state index contributed by atoms with van der Waals surface area (Å²) in [5, 5.41) is 19.5. The van der Waals surface area contributed by atoms with Gasteiger partial charge in [0.05, 0.1) is 0 Å². The van der Waals surface area contributed by atoms with Gasteiger partial charge in [0, 0.05) is 55.7 Å². The summed E-state index contributed by atoms with van der Waals surface area (Å²) in [6.07, 6.45) is 2.63. The van der Waals surface area contributed by atoms with E-state index in [1.54, 1.807) is 12.3 Å². The SMILES string of the molecule is CCc1c(N)ccnc1N1CCN(Cc2cc(O)ccc2O)CC1. The van der Waals surface area contributed by atoms with E-state index in [0.717, 1.165) is 55.2 Å². The van der Waals surface area contributed by atoms with Crippen LogP contribution >= 0.6 is 0 Å². The zero-order chi connectivity index (χ0) is 17.1. The first-order chi connectivity index (χ1) is 11.6. The van der Waals surface area contributed by atoms with Crippen molar-refractivity contribution in [1.29, 1.82) is 0 Å². The molecule has 2 heterocycles. The third kappa shape index (κ3) is 3.38. The molecular weight excluding hydrogens is 304 g/mol. The van der Waals surface area contributed by atoms with Gasteiger partial charge in [-0.05, 0) is 30.7 Å². The summed E-state index contributed by atoms with van der Waals surface area (Å²) >= 11 is 0. The molecule has 1 saturated heterocycles. The lowest BCUT2D eigenvalue weighted by Gasteiger charge is -2.36. The first-order valence-corrected chi connectivity index (χ1v) is 8.30. The Morgan fingerprint density at radius 3 is 2.58 bits per heavy atom. The van der Waals surface area contributed by atoms with Crippen molar-refractivity contribution >= 4 is 11.5 Å². The number of hydrogen-bond donors (Lipinski definition) is 3. The Bertz CT molecular complexity index is 712. The standard InChI is InChI=1S/C18H24N4O2/c1-2-15-16(19)5-6-20-18(15)22-9-7-21(8-10-22)12-13-11-14(23)3-4-17(13)24/h3-6,11,23-24H,2,7-10,12H2,1H3,(H2,19,20). The van der Waals surface area contributed by atoms with Crippen molar-refractivity contribution in [2.24, 2.45) is 0 Å². The van der Waals surface area contributed by atoms with Crippen LogP contribution in [0.1, 0.15) is 18.1 Å². The number of nitrogens with zero attached hydrogens (tertiary/aromatic N) is 3. The predicted octanol–water partition coefficient (Wildman–Crippen LogP) is 1.96. The second-order valence-corrected chi connectivity index (χ2v) is 6.13. The van der Waals surface area contributed by atoms with Gasteiger partial charge in [-0.25, -0.2) is 4.98 Å². The summed E-state index contributed by atoms with van der Waals surface area (Å²) in [6, 6.07) is 6.50. The van der Waals surface area contributed by atoms with E-state index >= 15 is 0 Å². The Morgan fingerprint density at radius 1 is 1.12 bits per heavy atom. The third-order valence-electron chi connectivity index (χ3n) is 4.55. The van der Waals surface area contributed by atoms with E-state index in [4.69, 9.17) is 5.73 Å². The molecule has 0 radical (unpaired) electrons. The molecule has 0 unspecified atom stereocenters.